The summed E-state index contributed by atoms with van der Waals surface area (Å²) in [6.45, 7) is 1.16. The van der Waals surface area contributed by atoms with Crippen LogP contribution >= 0.6 is 0 Å². The molecule has 1 aromatic carbocycles. The lowest BCUT2D eigenvalue weighted by Crippen LogP contribution is -2.14. The molecule has 0 aliphatic carbocycles. The second kappa shape index (κ2) is 4.61. The third-order valence-corrected chi connectivity index (χ3v) is 3.80. The van der Waals surface area contributed by atoms with E-state index in [1.165, 1.54) is 24.3 Å². The second-order valence-corrected chi connectivity index (χ2v) is 5.43. The van der Waals surface area contributed by atoms with Gasteiger partial charge in [0.05, 0.1) is 16.2 Å². The highest BCUT2D eigenvalue weighted by atomic mass is 32.2. The van der Waals surface area contributed by atoms with E-state index in [-0.39, 0.29) is 10.5 Å². The Balaban J connectivity index is 3.02. The van der Waals surface area contributed by atoms with Gasteiger partial charge < -0.3 is 5.11 Å². The molecule has 0 aliphatic rings. The first-order valence-electron chi connectivity index (χ1n) is 4.53. The van der Waals surface area contributed by atoms with Crippen molar-refractivity contribution in [2.24, 2.45) is 0 Å². The highest BCUT2D eigenvalue weighted by Crippen LogP contribution is 2.14. The lowest BCUT2D eigenvalue weighted by molar-refractivity contribution is 0.0696. The number of carboxylic acid groups (broad SMARTS) is 1. The predicted molar refractivity (Wildman–Crippen MR) is 56.0 cm³/mol. The van der Waals surface area contributed by atoms with Gasteiger partial charge in [-0.1, -0.05) is 0 Å². The number of sulfone groups is 1. The molecular formula is C10H11FO4S. The van der Waals surface area contributed by atoms with Crippen LogP contribution in [0, 0.1) is 0 Å². The Morgan fingerprint density at radius 3 is 2.25 bits per heavy atom. The maximum atomic E-state index is 12.6. The first-order chi connectivity index (χ1) is 7.33. The molecule has 1 N–H and O–H groups in total. The Hall–Kier alpha value is -1.43. The fourth-order valence-corrected chi connectivity index (χ4v) is 2.55. The van der Waals surface area contributed by atoms with Gasteiger partial charge in [-0.15, -0.1) is 0 Å². The number of hydrogen-bond acceptors (Lipinski definition) is 3. The molecule has 0 aliphatic heterocycles. The largest absolute Gasteiger partial charge is 0.478 e. The number of rotatable bonds is 4. The number of aromatic carboxylic acids is 1. The highest BCUT2D eigenvalue weighted by molar-refractivity contribution is 7.91. The van der Waals surface area contributed by atoms with Crippen LogP contribution in [-0.2, 0) is 9.84 Å². The number of carboxylic acids is 1. The number of alkyl halides is 1. The number of carbonyl (C=O) groups is 1. The number of benzene rings is 1. The summed E-state index contributed by atoms with van der Waals surface area (Å²) in [5, 5.41) is 8.61. The molecule has 0 spiro atoms. The average molecular weight is 246 g/mol. The molecule has 4 nitrogen and oxygen atoms in total. The maximum Gasteiger partial charge on any atom is 0.335 e. The molecule has 88 valence electrons. The highest BCUT2D eigenvalue weighted by Gasteiger charge is 2.18. The van der Waals surface area contributed by atoms with E-state index < -0.39 is 27.7 Å². The van der Waals surface area contributed by atoms with Crippen LogP contribution in [0.5, 0.6) is 0 Å². The molecule has 0 fully saturated rings. The Kier molecular flexibility index (Phi) is 3.64. The van der Waals surface area contributed by atoms with Crippen LogP contribution in [0.3, 0.4) is 0 Å². The van der Waals surface area contributed by atoms with Gasteiger partial charge in [0.2, 0.25) is 0 Å². The molecule has 0 heterocycles. The van der Waals surface area contributed by atoms with Crippen molar-refractivity contribution in [3.05, 3.63) is 29.8 Å². The van der Waals surface area contributed by atoms with Gasteiger partial charge in [-0.25, -0.2) is 17.6 Å². The Morgan fingerprint density at radius 2 is 1.88 bits per heavy atom. The minimum atomic E-state index is -3.67. The van der Waals surface area contributed by atoms with E-state index in [0.29, 0.717) is 0 Å². The molecule has 1 aromatic rings. The lowest BCUT2D eigenvalue weighted by atomic mass is 10.2. The minimum Gasteiger partial charge on any atom is -0.478 e. The monoisotopic (exact) mass is 246 g/mol. The summed E-state index contributed by atoms with van der Waals surface area (Å²) < 4.78 is 35.7. The Bertz CT molecular complexity index is 476. The molecule has 1 rings (SSSR count). The van der Waals surface area contributed by atoms with Gasteiger partial charge in [-0.3, -0.25) is 0 Å². The normalized spacial score (nSPS) is 13.4. The van der Waals surface area contributed by atoms with Crippen molar-refractivity contribution in [1.29, 1.82) is 0 Å². The van der Waals surface area contributed by atoms with Crippen molar-refractivity contribution in [3.63, 3.8) is 0 Å². The van der Waals surface area contributed by atoms with E-state index in [0.717, 1.165) is 6.92 Å². The first-order valence-corrected chi connectivity index (χ1v) is 6.18. The smallest absolute Gasteiger partial charge is 0.335 e. The topological polar surface area (TPSA) is 71.4 Å². The third-order valence-electron chi connectivity index (χ3n) is 1.91. The zero-order valence-electron chi connectivity index (χ0n) is 8.55. The first kappa shape index (κ1) is 12.6. The van der Waals surface area contributed by atoms with E-state index in [9.17, 15) is 17.6 Å². The van der Waals surface area contributed by atoms with Crippen molar-refractivity contribution in [2.75, 3.05) is 5.75 Å². The quantitative estimate of drug-likeness (QED) is 0.874. The molecule has 6 heteroatoms. The Labute approximate surface area is 92.6 Å². The van der Waals surface area contributed by atoms with E-state index >= 15 is 0 Å². The zero-order chi connectivity index (χ0) is 12.3. The van der Waals surface area contributed by atoms with Gasteiger partial charge in [0.15, 0.2) is 9.84 Å². The van der Waals surface area contributed by atoms with Crippen molar-refractivity contribution in [1.82, 2.24) is 0 Å². The molecular weight excluding hydrogens is 235 g/mol. The van der Waals surface area contributed by atoms with Crippen LogP contribution < -0.4 is 0 Å². The van der Waals surface area contributed by atoms with Gasteiger partial charge in [0, 0.05) is 0 Å². The van der Waals surface area contributed by atoms with Crippen molar-refractivity contribution in [2.45, 2.75) is 18.0 Å². The van der Waals surface area contributed by atoms with E-state index in [4.69, 9.17) is 5.11 Å². The van der Waals surface area contributed by atoms with Crippen LogP contribution in [0.25, 0.3) is 0 Å². The molecule has 0 saturated heterocycles. The van der Waals surface area contributed by atoms with Crippen LogP contribution in [0.2, 0.25) is 0 Å². The summed E-state index contributed by atoms with van der Waals surface area (Å²) in [7, 11) is -3.67. The van der Waals surface area contributed by atoms with Crippen molar-refractivity contribution < 1.29 is 22.7 Å². The predicted octanol–water partition coefficient (Wildman–Crippen LogP) is 1.52. The molecule has 1 unspecified atom stereocenters. The van der Waals surface area contributed by atoms with Gasteiger partial charge in [0.1, 0.15) is 6.17 Å². The summed E-state index contributed by atoms with van der Waals surface area (Å²) in [4.78, 5) is 10.5. The van der Waals surface area contributed by atoms with Crippen molar-refractivity contribution >= 4 is 15.8 Å². The van der Waals surface area contributed by atoms with Gasteiger partial charge >= 0.3 is 5.97 Å². The van der Waals surface area contributed by atoms with E-state index in [1.807, 2.05) is 0 Å². The van der Waals surface area contributed by atoms with Crippen molar-refractivity contribution in [3.8, 4) is 0 Å². The standard InChI is InChI=1S/C10H11FO4S/c1-7(11)6-16(14,15)9-4-2-8(3-5-9)10(12)13/h2-5,7H,6H2,1H3,(H,12,13). The maximum absolute atomic E-state index is 12.6. The molecule has 16 heavy (non-hydrogen) atoms. The van der Waals surface area contributed by atoms with Gasteiger partial charge in [0.25, 0.3) is 0 Å². The van der Waals surface area contributed by atoms with Gasteiger partial charge in [-0.05, 0) is 31.2 Å². The summed E-state index contributed by atoms with van der Waals surface area (Å²) in [6, 6.07) is 4.69. The summed E-state index contributed by atoms with van der Waals surface area (Å²) in [5.41, 5.74) is -0.00718. The molecule has 0 saturated carbocycles. The summed E-state index contributed by atoms with van der Waals surface area (Å²) in [5.74, 6) is -1.73. The average Bonchev–Trinajstić information content (AvgIpc) is 2.16. The fourth-order valence-electron chi connectivity index (χ4n) is 1.20. The SMILES string of the molecule is CC(F)CS(=O)(=O)c1ccc(C(=O)O)cc1. The zero-order valence-corrected chi connectivity index (χ0v) is 9.37. The van der Waals surface area contributed by atoms with Crippen LogP contribution in [-0.4, -0.2) is 31.4 Å². The fraction of sp³-hybridized carbons (Fsp3) is 0.300. The van der Waals surface area contributed by atoms with Crippen LogP contribution in [0.4, 0.5) is 4.39 Å². The minimum absolute atomic E-state index is 0.00718. The van der Waals surface area contributed by atoms with Gasteiger partial charge in [-0.2, -0.15) is 0 Å². The summed E-state index contributed by atoms with van der Waals surface area (Å²) in [6.07, 6.45) is -1.45. The molecule has 0 amide bonds. The second-order valence-electron chi connectivity index (χ2n) is 3.39. The Morgan fingerprint density at radius 1 is 1.38 bits per heavy atom. The lowest BCUT2D eigenvalue weighted by Gasteiger charge is -2.05. The molecule has 1 atom stereocenters. The summed E-state index contributed by atoms with van der Waals surface area (Å²) >= 11 is 0. The number of hydrogen-bond donors (Lipinski definition) is 1. The number of halogens is 1. The third kappa shape index (κ3) is 3.03. The van der Waals surface area contributed by atoms with E-state index in [2.05, 4.69) is 0 Å². The van der Waals surface area contributed by atoms with Crippen LogP contribution in [0.15, 0.2) is 29.2 Å². The van der Waals surface area contributed by atoms with Crippen LogP contribution in [0.1, 0.15) is 17.3 Å². The molecule has 0 aromatic heterocycles. The molecule has 0 radical (unpaired) electrons. The van der Waals surface area contributed by atoms with E-state index in [1.54, 1.807) is 0 Å². The molecule has 0 bridgehead atoms.